The van der Waals surface area contributed by atoms with Gasteiger partial charge in [-0.3, -0.25) is 0 Å². The molecular formula is C8H16O2. The summed E-state index contributed by atoms with van der Waals surface area (Å²) in [6.07, 6.45) is 2.79. The SMILES string of the molecule is CCC1C[C@@H](CO)[C@@H](O)C1. The minimum Gasteiger partial charge on any atom is -0.396 e. The maximum absolute atomic E-state index is 9.33. The molecule has 10 heavy (non-hydrogen) atoms. The molecule has 1 rings (SSSR count). The Morgan fingerprint density at radius 1 is 1.40 bits per heavy atom. The van der Waals surface area contributed by atoms with Gasteiger partial charge in [0.15, 0.2) is 0 Å². The molecule has 0 saturated heterocycles. The Bertz CT molecular complexity index is 103. The normalized spacial score (nSPS) is 40.5. The molecule has 0 heterocycles. The van der Waals surface area contributed by atoms with Gasteiger partial charge in [0, 0.05) is 12.5 Å². The second-order valence-corrected chi connectivity index (χ2v) is 3.26. The summed E-state index contributed by atoms with van der Waals surface area (Å²) in [6.45, 7) is 2.29. The molecule has 1 aliphatic rings. The van der Waals surface area contributed by atoms with Gasteiger partial charge < -0.3 is 10.2 Å². The van der Waals surface area contributed by atoms with Gasteiger partial charge in [-0.25, -0.2) is 0 Å². The summed E-state index contributed by atoms with van der Waals surface area (Å²) in [5, 5.41) is 18.1. The third-order valence-corrected chi connectivity index (χ3v) is 2.57. The molecule has 0 aromatic rings. The zero-order valence-electron chi connectivity index (χ0n) is 6.45. The first-order chi connectivity index (χ1) is 4.77. The molecule has 1 fully saturated rings. The maximum Gasteiger partial charge on any atom is 0.0593 e. The molecule has 0 radical (unpaired) electrons. The van der Waals surface area contributed by atoms with Crippen LogP contribution < -0.4 is 0 Å². The lowest BCUT2D eigenvalue weighted by Gasteiger charge is -2.08. The zero-order chi connectivity index (χ0) is 7.56. The van der Waals surface area contributed by atoms with Crippen LogP contribution in [0.2, 0.25) is 0 Å². The van der Waals surface area contributed by atoms with Crippen LogP contribution in [-0.4, -0.2) is 22.9 Å². The monoisotopic (exact) mass is 144 g/mol. The fourth-order valence-corrected chi connectivity index (χ4v) is 1.74. The van der Waals surface area contributed by atoms with Crippen molar-refractivity contribution in [2.75, 3.05) is 6.61 Å². The molecule has 0 aliphatic heterocycles. The Morgan fingerprint density at radius 2 is 2.10 bits per heavy atom. The highest BCUT2D eigenvalue weighted by Gasteiger charge is 2.30. The predicted octanol–water partition coefficient (Wildman–Crippen LogP) is 0.776. The van der Waals surface area contributed by atoms with Crippen molar-refractivity contribution in [2.24, 2.45) is 11.8 Å². The van der Waals surface area contributed by atoms with Gasteiger partial charge in [-0.2, -0.15) is 0 Å². The maximum atomic E-state index is 9.33. The number of hydrogen-bond acceptors (Lipinski definition) is 2. The number of rotatable bonds is 2. The van der Waals surface area contributed by atoms with Gasteiger partial charge in [-0.1, -0.05) is 13.3 Å². The van der Waals surface area contributed by atoms with Crippen molar-refractivity contribution in [3.05, 3.63) is 0 Å². The van der Waals surface area contributed by atoms with Crippen LogP contribution in [0.15, 0.2) is 0 Å². The first-order valence-electron chi connectivity index (χ1n) is 4.06. The molecule has 3 atom stereocenters. The van der Waals surface area contributed by atoms with Crippen molar-refractivity contribution in [3.8, 4) is 0 Å². The van der Waals surface area contributed by atoms with E-state index in [0.717, 1.165) is 19.3 Å². The molecule has 0 aromatic heterocycles. The Balaban J connectivity index is 2.36. The smallest absolute Gasteiger partial charge is 0.0593 e. The minimum atomic E-state index is -0.241. The summed E-state index contributed by atoms with van der Waals surface area (Å²) in [7, 11) is 0. The van der Waals surface area contributed by atoms with Crippen LogP contribution in [0, 0.1) is 11.8 Å². The van der Waals surface area contributed by atoms with E-state index in [4.69, 9.17) is 5.11 Å². The van der Waals surface area contributed by atoms with E-state index in [0.29, 0.717) is 5.92 Å². The highest BCUT2D eigenvalue weighted by Crippen LogP contribution is 2.32. The van der Waals surface area contributed by atoms with E-state index < -0.39 is 0 Å². The molecular weight excluding hydrogens is 128 g/mol. The lowest BCUT2D eigenvalue weighted by Crippen LogP contribution is -2.16. The van der Waals surface area contributed by atoms with Gasteiger partial charge >= 0.3 is 0 Å². The third-order valence-electron chi connectivity index (χ3n) is 2.57. The molecule has 2 heteroatoms. The summed E-state index contributed by atoms with van der Waals surface area (Å²) in [5.74, 6) is 0.803. The molecule has 0 aromatic carbocycles. The number of aliphatic hydroxyl groups is 2. The molecule has 1 unspecified atom stereocenters. The fourth-order valence-electron chi connectivity index (χ4n) is 1.74. The van der Waals surface area contributed by atoms with Crippen molar-refractivity contribution >= 4 is 0 Å². The van der Waals surface area contributed by atoms with Gasteiger partial charge in [0.25, 0.3) is 0 Å². The summed E-state index contributed by atoms with van der Waals surface area (Å²) in [5.41, 5.74) is 0. The van der Waals surface area contributed by atoms with Crippen LogP contribution in [0.25, 0.3) is 0 Å². The molecule has 1 aliphatic carbocycles. The van der Waals surface area contributed by atoms with Crippen molar-refractivity contribution in [3.63, 3.8) is 0 Å². The summed E-state index contributed by atoms with van der Waals surface area (Å²) < 4.78 is 0. The van der Waals surface area contributed by atoms with E-state index in [-0.39, 0.29) is 18.6 Å². The van der Waals surface area contributed by atoms with E-state index in [9.17, 15) is 5.11 Å². The quantitative estimate of drug-likeness (QED) is 0.601. The standard InChI is InChI=1S/C8H16O2/c1-2-6-3-7(5-9)8(10)4-6/h6-10H,2-5H2,1H3/t6?,7-,8-/m0/s1. The van der Waals surface area contributed by atoms with Crippen LogP contribution in [0.5, 0.6) is 0 Å². The Labute approximate surface area is 61.9 Å². The zero-order valence-corrected chi connectivity index (χ0v) is 6.45. The van der Waals surface area contributed by atoms with Gasteiger partial charge in [0.05, 0.1) is 6.10 Å². The minimum absolute atomic E-state index is 0.150. The van der Waals surface area contributed by atoms with Crippen LogP contribution in [0.3, 0.4) is 0 Å². The van der Waals surface area contributed by atoms with Crippen molar-refractivity contribution < 1.29 is 10.2 Å². The van der Waals surface area contributed by atoms with E-state index in [1.807, 2.05) is 0 Å². The van der Waals surface area contributed by atoms with Crippen LogP contribution in [-0.2, 0) is 0 Å². The highest BCUT2D eigenvalue weighted by atomic mass is 16.3. The highest BCUT2D eigenvalue weighted by molar-refractivity contribution is 4.81. The molecule has 60 valence electrons. The van der Waals surface area contributed by atoms with Crippen LogP contribution in [0.4, 0.5) is 0 Å². The van der Waals surface area contributed by atoms with Crippen molar-refractivity contribution in [1.29, 1.82) is 0 Å². The van der Waals surface area contributed by atoms with E-state index in [2.05, 4.69) is 6.92 Å². The largest absolute Gasteiger partial charge is 0.396 e. The molecule has 0 spiro atoms. The van der Waals surface area contributed by atoms with Crippen molar-refractivity contribution in [1.82, 2.24) is 0 Å². The van der Waals surface area contributed by atoms with Crippen molar-refractivity contribution in [2.45, 2.75) is 32.3 Å². The first kappa shape index (κ1) is 8.02. The fraction of sp³-hybridized carbons (Fsp3) is 1.00. The van der Waals surface area contributed by atoms with Gasteiger partial charge in [0.1, 0.15) is 0 Å². The molecule has 2 nitrogen and oxygen atoms in total. The number of hydrogen-bond donors (Lipinski definition) is 2. The average Bonchev–Trinajstić information content (AvgIpc) is 2.30. The second kappa shape index (κ2) is 3.35. The Morgan fingerprint density at radius 3 is 2.40 bits per heavy atom. The van der Waals surface area contributed by atoms with Gasteiger partial charge in [-0.15, -0.1) is 0 Å². The average molecular weight is 144 g/mol. The van der Waals surface area contributed by atoms with E-state index in [1.165, 1.54) is 0 Å². The molecule has 0 bridgehead atoms. The predicted molar refractivity (Wildman–Crippen MR) is 39.6 cm³/mol. The molecule has 2 N–H and O–H groups in total. The summed E-state index contributed by atoms with van der Waals surface area (Å²) in [6, 6.07) is 0. The Kier molecular flexibility index (Phi) is 2.69. The molecule has 0 amide bonds. The summed E-state index contributed by atoms with van der Waals surface area (Å²) in [4.78, 5) is 0. The van der Waals surface area contributed by atoms with Gasteiger partial charge in [-0.05, 0) is 18.8 Å². The van der Waals surface area contributed by atoms with E-state index in [1.54, 1.807) is 0 Å². The number of aliphatic hydroxyl groups excluding tert-OH is 2. The van der Waals surface area contributed by atoms with Crippen LogP contribution >= 0.6 is 0 Å². The lowest BCUT2D eigenvalue weighted by molar-refractivity contribution is 0.0906. The van der Waals surface area contributed by atoms with Gasteiger partial charge in [0.2, 0.25) is 0 Å². The Hall–Kier alpha value is -0.0800. The third kappa shape index (κ3) is 1.50. The first-order valence-corrected chi connectivity index (χ1v) is 4.06. The lowest BCUT2D eigenvalue weighted by atomic mass is 10.0. The topological polar surface area (TPSA) is 40.5 Å². The second-order valence-electron chi connectivity index (χ2n) is 3.26. The molecule has 1 saturated carbocycles. The van der Waals surface area contributed by atoms with Crippen LogP contribution in [0.1, 0.15) is 26.2 Å². The summed E-state index contributed by atoms with van der Waals surface area (Å²) >= 11 is 0. The van der Waals surface area contributed by atoms with E-state index >= 15 is 0 Å².